The molecule has 0 atom stereocenters. The molecule has 0 saturated carbocycles. The Labute approximate surface area is 158 Å². The van der Waals surface area contributed by atoms with Crippen LogP contribution in [0.5, 0.6) is 5.75 Å². The molecule has 0 aliphatic rings. The third-order valence-electron chi connectivity index (χ3n) is 3.83. The zero-order valence-electron chi connectivity index (χ0n) is 15.0. The van der Waals surface area contributed by atoms with Crippen LogP contribution in [0.15, 0.2) is 48.5 Å². The van der Waals surface area contributed by atoms with Crippen molar-refractivity contribution in [3.63, 3.8) is 0 Å². The number of halogens is 1. The lowest BCUT2D eigenvalue weighted by Gasteiger charge is -2.21. The Balaban J connectivity index is 1.74. The lowest BCUT2D eigenvalue weighted by atomic mass is 10.1. The maximum Gasteiger partial charge on any atom is 0.258 e. The van der Waals surface area contributed by atoms with E-state index in [1.807, 2.05) is 31.2 Å². The van der Waals surface area contributed by atoms with Gasteiger partial charge in [0.15, 0.2) is 6.61 Å². The van der Waals surface area contributed by atoms with Crippen molar-refractivity contribution in [2.75, 3.05) is 19.7 Å². The molecule has 0 radical (unpaired) electrons. The molecule has 1 N–H and O–H groups in total. The summed E-state index contributed by atoms with van der Waals surface area (Å²) in [5.74, 6) is 0.310. The van der Waals surface area contributed by atoms with Crippen molar-refractivity contribution in [1.82, 2.24) is 10.2 Å². The molecule has 0 unspecified atom stereocenters. The molecule has 2 aromatic rings. The molecule has 0 aromatic heterocycles. The average molecular weight is 375 g/mol. The SMILES string of the molecule is CC(=O)N(CCNC(=O)COc1ccc(Cl)cc1)Cc1ccc(C)cc1. The van der Waals surface area contributed by atoms with E-state index in [1.165, 1.54) is 12.5 Å². The number of aryl methyl sites for hydroxylation is 1. The van der Waals surface area contributed by atoms with Gasteiger partial charge >= 0.3 is 0 Å². The molecule has 0 fully saturated rings. The van der Waals surface area contributed by atoms with Crippen LogP contribution >= 0.6 is 11.6 Å². The Morgan fingerprint density at radius 2 is 1.73 bits per heavy atom. The molecule has 0 spiro atoms. The van der Waals surface area contributed by atoms with Gasteiger partial charge in [0.1, 0.15) is 5.75 Å². The van der Waals surface area contributed by atoms with Crippen molar-refractivity contribution in [2.24, 2.45) is 0 Å². The van der Waals surface area contributed by atoms with Crippen molar-refractivity contribution in [3.05, 3.63) is 64.7 Å². The molecule has 0 saturated heterocycles. The molecule has 138 valence electrons. The molecular formula is C20H23ClN2O3. The number of carbonyl (C=O) groups is 2. The summed E-state index contributed by atoms with van der Waals surface area (Å²) in [6.07, 6.45) is 0. The number of benzene rings is 2. The van der Waals surface area contributed by atoms with Crippen molar-refractivity contribution in [3.8, 4) is 5.75 Å². The molecule has 2 rings (SSSR count). The first-order chi connectivity index (χ1) is 12.4. The van der Waals surface area contributed by atoms with E-state index in [2.05, 4.69) is 5.32 Å². The average Bonchev–Trinajstić information content (AvgIpc) is 2.62. The van der Waals surface area contributed by atoms with E-state index in [4.69, 9.17) is 16.3 Å². The maximum atomic E-state index is 11.9. The Bertz CT molecular complexity index is 730. The molecule has 2 aromatic carbocycles. The normalized spacial score (nSPS) is 10.3. The molecule has 5 nitrogen and oxygen atoms in total. The van der Waals surface area contributed by atoms with Crippen molar-refractivity contribution in [2.45, 2.75) is 20.4 Å². The zero-order chi connectivity index (χ0) is 18.9. The fraction of sp³-hybridized carbons (Fsp3) is 0.300. The number of carbonyl (C=O) groups excluding carboxylic acids is 2. The molecule has 6 heteroatoms. The van der Waals surface area contributed by atoms with Gasteiger partial charge in [-0.05, 0) is 36.8 Å². The number of hydrogen-bond donors (Lipinski definition) is 1. The summed E-state index contributed by atoms with van der Waals surface area (Å²) in [5, 5.41) is 3.37. The molecule has 2 amide bonds. The number of hydrogen-bond acceptors (Lipinski definition) is 3. The minimum absolute atomic E-state index is 0.0303. The van der Waals surface area contributed by atoms with E-state index in [9.17, 15) is 9.59 Å². The summed E-state index contributed by atoms with van der Waals surface area (Å²) in [4.78, 5) is 25.4. The monoisotopic (exact) mass is 374 g/mol. The predicted molar refractivity (Wildman–Crippen MR) is 102 cm³/mol. The number of amides is 2. The molecule has 0 bridgehead atoms. The highest BCUT2D eigenvalue weighted by Gasteiger charge is 2.10. The second-order valence-corrected chi connectivity index (χ2v) is 6.46. The quantitative estimate of drug-likeness (QED) is 0.772. The largest absolute Gasteiger partial charge is 0.484 e. The minimum Gasteiger partial charge on any atom is -0.484 e. The third kappa shape index (κ3) is 6.76. The smallest absolute Gasteiger partial charge is 0.258 e. The first-order valence-corrected chi connectivity index (χ1v) is 8.78. The van der Waals surface area contributed by atoms with E-state index < -0.39 is 0 Å². The maximum absolute atomic E-state index is 11.9. The van der Waals surface area contributed by atoms with E-state index in [0.29, 0.717) is 30.4 Å². The number of nitrogens with zero attached hydrogens (tertiary/aromatic N) is 1. The van der Waals surface area contributed by atoms with Gasteiger partial charge < -0.3 is 15.0 Å². The Morgan fingerprint density at radius 3 is 2.35 bits per heavy atom. The summed E-state index contributed by atoms with van der Waals surface area (Å²) in [6, 6.07) is 14.8. The van der Waals surface area contributed by atoms with Crippen LogP contribution in [0, 0.1) is 6.92 Å². The van der Waals surface area contributed by atoms with E-state index in [1.54, 1.807) is 29.2 Å². The highest BCUT2D eigenvalue weighted by Crippen LogP contribution is 2.15. The van der Waals surface area contributed by atoms with Gasteiger partial charge in [0.05, 0.1) is 0 Å². The molecule has 0 aliphatic heterocycles. The van der Waals surface area contributed by atoms with Gasteiger partial charge in [0, 0.05) is 31.6 Å². The summed E-state index contributed by atoms with van der Waals surface area (Å²) in [6.45, 7) is 4.80. The van der Waals surface area contributed by atoms with Crippen LogP contribution in [-0.4, -0.2) is 36.4 Å². The Hall–Kier alpha value is -2.53. The second kappa shape index (κ2) is 9.82. The van der Waals surface area contributed by atoms with Gasteiger partial charge in [-0.15, -0.1) is 0 Å². The predicted octanol–water partition coefficient (Wildman–Crippen LogP) is 3.19. The van der Waals surface area contributed by atoms with E-state index in [-0.39, 0.29) is 18.4 Å². The fourth-order valence-corrected chi connectivity index (χ4v) is 2.45. The van der Waals surface area contributed by atoms with Crippen LogP contribution in [0.2, 0.25) is 5.02 Å². The zero-order valence-corrected chi connectivity index (χ0v) is 15.8. The molecule has 26 heavy (non-hydrogen) atoms. The summed E-state index contributed by atoms with van der Waals surface area (Å²) >= 11 is 5.80. The standard InChI is InChI=1S/C20H23ClN2O3/c1-15-3-5-17(6-4-15)13-23(16(2)24)12-11-22-20(25)14-26-19-9-7-18(21)8-10-19/h3-10H,11-14H2,1-2H3,(H,22,25). The van der Waals surface area contributed by atoms with Crippen LogP contribution < -0.4 is 10.1 Å². The van der Waals surface area contributed by atoms with Crippen LogP contribution in [0.4, 0.5) is 0 Å². The molecule has 0 heterocycles. The summed E-state index contributed by atoms with van der Waals surface area (Å²) in [7, 11) is 0. The Morgan fingerprint density at radius 1 is 1.08 bits per heavy atom. The lowest BCUT2D eigenvalue weighted by molar-refractivity contribution is -0.130. The van der Waals surface area contributed by atoms with Gasteiger partial charge in [-0.2, -0.15) is 0 Å². The first kappa shape index (κ1) is 19.8. The highest BCUT2D eigenvalue weighted by molar-refractivity contribution is 6.30. The highest BCUT2D eigenvalue weighted by atomic mass is 35.5. The van der Waals surface area contributed by atoms with Crippen LogP contribution in [0.1, 0.15) is 18.1 Å². The van der Waals surface area contributed by atoms with Crippen molar-refractivity contribution in [1.29, 1.82) is 0 Å². The topological polar surface area (TPSA) is 58.6 Å². The van der Waals surface area contributed by atoms with E-state index >= 15 is 0 Å². The number of ether oxygens (including phenoxy) is 1. The number of rotatable bonds is 8. The minimum atomic E-state index is -0.237. The van der Waals surface area contributed by atoms with Gasteiger partial charge in [0.25, 0.3) is 5.91 Å². The van der Waals surface area contributed by atoms with Gasteiger partial charge in [-0.3, -0.25) is 9.59 Å². The number of nitrogens with one attached hydrogen (secondary N) is 1. The van der Waals surface area contributed by atoms with Gasteiger partial charge in [0.2, 0.25) is 5.91 Å². The van der Waals surface area contributed by atoms with Crippen LogP contribution in [0.3, 0.4) is 0 Å². The van der Waals surface area contributed by atoms with Gasteiger partial charge in [-0.1, -0.05) is 41.4 Å². The first-order valence-electron chi connectivity index (χ1n) is 8.40. The molecule has 0 aliphatic carbocycles. The van der Waals surface area contributed by atoms with Crippen molar-refractivity contribution < 1.29 is 14.3 Å². The summed E-state index contributed by atoms with van der Waals surface area (Å²) in [5.41, 5.74) is 2.24. The van der Waals surface area contributed by atoms with Crippen LogP contribution in [0.25, 0.3) is 0 Å². The lowest BCUT2D eigenvalue weighted by Crippen LogP contribution is -2.38. The van der Waals surface area contributed by atoms with Gasteiger partial charge in [-0.25, -0.2) is 0 Å². The third-order valence-corrected chi connectivity index (χ3v) is 4.08. The molecular weight excluding hydrogens is 352 g/mol. The fourth-order valence-electron chi connectivity index (χ4n) is 2.32. The van der Waals surface area contributed by atoms with E-state index in [0.717, 1.165) is 5.56 Å². The Kier molecular flexibility index (Phi) is 7.48. The van der Waals surface area contributed by atoms with Crippen molar-refractivity contribution >= 4 is 23.4 Å². The summed E-state index contributed by atoms with van der Waals surface area (Å²) < 4.78 is 5.38. The second-order valence-electron chi connectivity index (χ2n) is 6.02. The van der Waals surface area contributed by atoms with Crippen LogP contribution in [-0.2, 0) is 16.1 Å².